The first-order chi connectivity index (χ1) is 11.3. The lowest BCUT2D eigenvalue weighted by Gasteiger charge is -2.18. The molecule has 0 spiro atoms. The van der Waals surface area contributed by atoms with E-state index in [0.29, 0.717) is 24.6 Å². The van der Waals surface area contributed by atoms with Crippen molar-refractivity contribution in [2.45, 2.75) is 22.5 Å². The van der Waals surface area contributed by atoms with Crippen molar-refractivity contribution in [3.8, 4) is 0 Å². The minimum absolute atomic E-state index is 0. The molecule has 1 saturated carbocycles. The van der Waals surface area contributed by atoms with Gasteiger partial charge in [-0.25, -0.2) is 0 Å². The van der Waals surface area contributed by atoms with Crippen LogP contribution in [0.4, 0.5) is 0 Å². The Labute approximate surface area is 166 Å². The van der Waals surface area contributed by atoms with Crippen LogP contribution >= 0.6 is 35.7 Å². The number of benzene rings is 1. The van der Waals surface area contributed by atoms with Gasteiger partial charge < -0.3 is 20.1 Å². The Balaban J connectivity index is 0.00000288. The molecule has 2 N–H and O–H groups in total. The predicted molar refractivity (Wildman–Crippen MR) is 112 cm³/mol. The summed E-state index contributed by atoms with van der Waals surface area (Å²) in [5.41, 5.74) is 0. The fourth-order valence-electron chi connectivity index (χ4n) is 2.14. The Morgan fingerprint density at radius 2 is 1.92 bits per heavy atom. The van der Waals surface area contributed by atoms with Gasteiger partial charge in [-0.05, 0) is 25.0 Å². The van der Waals surface area contributed by atoms with Gasteiger partial charge in [-0.2, -0.15) is 0 Å². The van der Waals surface area contributed by atoms with Crippen LogP contribution in [0.25, 0.3) is 0 Å². The van der Waals surface area contributed by atoms with Gasteiger partial charge in [0.05, 0.1) is 19.8 Å². The van der Waals surface area contributed by atoms with Crippen LogP contribution in [0.5, 0.6) is 0 Å². The van der Waals surface area contributed by atoms with Crippen LogP contribution in [-0.2, 0) is 9.47 Å². The second-order valence-corrected chi connectivity index (χ2v) is 7.10. The highest BCUT2D eigenvalue weighted by molar-refractivity contribution is 14.0. The van der Waals surface area contributed by atoms with E-state index in [9.17, 15) is 0 Å². The molecule has 0 amide bonds. The number of guanidine groups is 1. The summed E-state index contributed by atoms with van der Waals surface area (Å²) in [4.78, 5) is 5.60. The third kappa shape index (κ3) is 8.04. The van der Waals surface area contributed by atoms with Gasteiger partial charge in [0.25, 0.3) is 0 Å². The second kappa shape index (κ2) is 11.9. The number of halogens is 1. The van der Waals surface area contributed by atoms with Crippen molar-refractivity contribution in [1.82, 2.24) is 10.6 Å². The lowest BCUT2D eigenvalue weighted by Crippen LogP contribution is -2.42. The molecule has 2 rings (SSSR count). The van der Waals surface area contributed by atoms with E-state index in [2.05, 4.69) is 46.0 Å². The molecule has 1 aromatic rings. The molecule has 0 heterocycles. The molecule has 0 saturated heterocycles. The van der Waals surface area contributed by atoms with E-state index in [1.807, 2.05) is 11.8 Å². The van der Waals surface area contributed by atoms with Gasteiger partial charge in [0, 0.05) is 36.9 Å². The van der Waals surface area contributed by atoms with E-state index in [4.69, 9.17) is 9.47 Å². The zero-order valence-electron chi connectivity index (χ0n) is 14.4. The van der Waals surface area contributed by atoms with Crippen LogP contribution in [0.2, 0.25) is 0 Å². The average molecular weight is 465 g/mol. The van der Waals surface area contributed by atoms with Crippen molar-refractivity contribution < 1.29 is 9.47 Å². The smallest absolute Gasteiger partial charge is 0.191 e. The molecule has 0 aromatic heterocycles. The number of ether oxygens (including phenoxy) is 2. The van der Waals surface area contributed by atoms with Crippen LogP contribution in [-0.4, -0.2) is 57.8 Å². The molecule has 0 atom stereocenters. The number of nitrogens with zero attached hydrogens (tertiary/aromatic N) is 1. The van der Waals surface area contributed by atoms with Gasteiger partial charge in [0.2, 0.25) is 0 Å². The summed E-state index contributed by atoms with van der Waals surface area (Å²) in [6.45, 7) is 3.57. The second-order valence-electron chi connectivity index (χ2n) is 5.56. The van der Waals surface area contributed by atoms with Crippen molar-refractivity contribution >= 4 is 41.7 Å². The van der Waals surface area contributed by atoms with Gasteiger partial charge in [-0.1, -0.05) is 18.2 Å². The van der Waals surface area contributed by atoms with E-state index >= 15 is 0 Å². The molecule has 1 aromatic carbocycles. The number of hydrogen-bond donors (Lipinski definition) is 2. The highest BCUT2D eigenvalue weighted by Crippen LogP contribution is 2.51. The lowest BCUT2D eigenvalue weighted by molar-refractivity contribution is 0.0733. The molecule has 5 nitrogen and oxygen atoms in total. The van der Waals surface area contributed by atoms with Crippen molar-refractivity contribution in [2.24, 2.45) is 4.99 Å². The third-order valence-corrected chi connectivity index (χ3v) is 5.15. The summed E-state index contributed by atoms with van der Waals surface area (Å²) in [7, 11) is 3.47. The Hall–Kier alpha value is -0.510. The first-order valence-corrected chi connectivity index (χ1v) is 8.85. The molecular formula is C17H28IN3O2S. The Morgan fingerprint density at radius 1 is 1.17 bits per heavy atom. The highest BCUT2D eigenvalue weighted by Gasteiger charge is 2.43. The van der Waals surface area contributed by atoms with Gasteiger partial charge in [0.1, 0.15) is 0 Å². The first kappa shape index (κ1) is 21.5. The zero-order valence-corrected chi connectivity index (χ0v) is 17.6. The monoisotopic (exact) mass is 465 g/mol. The summed E-state index contributed by atoms with van der Waals surface area (Å²) in [5, 5.41) is 6.71. The number of methoxy groups -OCH3 is 1. The summed E-state index contributed by atoms with van der Waals surface area (Å²) in [6, 6.07) is 10.6. The topological polar surface area (TPSA) is 54.9 Å². The Bertz CT molecular complexity index is 484. The maximum Gasteiger partial charge on any atom is 0.191 e. The lowest BCUT2D eigenvalue weighted by atomic mass is 10.4. The molecular weight excluding hydrogens is 437 g/mol. The first-order valence-electron chi connectivity index (χ1n) is 8.03. The van der Waals surface area contributed by atoms with E-state index < -0.39 is 0 Å². The fourth-order valence-corrected chi connectivity index (χ4v) is 3.39. The quantitative estimate of drug-likeness (QED) is 0.241. The summed E-state index contributed by atoms with van der Waals surface area (Å²) in [5.74, 6) is 0.834. The largest absolute Gasteiger partial charge is 0.382 e. The maximum atomic E-state index is 5.43. The Morgan fingerprint density at radius 3 is 2.54 bits per heavy atom. The van der Waals surface area contributed by atoms with Gasteiger partial charge in [-0.15, -0.1) is 35.7 Å². The molecule has 0 unspecified atom stereocenters. The molecule has 0 aliphatic heterocycles. The molecule has 136 valence electrons. The fraction of sp³-hybridized carbons (Fsp3) is 0.588. The van der Waals surface area contributed by atoms with Crippen molar-refractivity contribution in [3.63, 3.8) is 0 Å². The number of hydrogen-bond acceptors (Lipinski definition) is 4. The molecule has 24 heavy (non-hydrogen) atoms. The van der Waals surface area contributed by atoms with E-state index in [0.717, 1.165) is 19.0 Å². The zero-order chi connectivity index (χ0) is 16.4. The third-order valence-electron chi connectivity index (χ3n) is 3.66. The maximum absolute atomic E-state index is 5.43. The Kier molecular flexibility index (Phi) is 10.7. The highest BCUT2D eigenvalue weighted by atomic mass is 127. The normalized spacial score (nSPS) is 15.5. The summed E-state index contributed by atoms with van der Waals surface area (Å²) in [6.07, 6.45) is 2.49. The van der Waals surface area contributed by atoms with Gasteiger partial charge in [-0.3, -0.25) is 4.99 Å². The van der Waals surface area contributed by atoms with Crippen LogP contribution in [0.15, 0.2) is 40.2 Å². The molecule has 7 heteroatoms. The van der Waals surface area contributed by atoms with E-state index in [1.165, 1.54) is 17.7 Å². The van der Waals surface area contributed by atoms with Crippen molar-refractivity contribution in [3.05, 3.63) is 30.3 Å². The predicted octanol–water partition coefficient (Wildman–Crippen LogP) is 2.76. The SMILES string of the molecule is CN=C(NCCOCCOC)NCC1(Sc2ccccc2)CC1.I. The summed E-state index contributed by atoms with van der Waals surface area (Å²) < 4.78 is 10.7. The van der Waals surface area contributed by atoms with Crippen molar-refractivity contribution in [2.75, 3.05) is 47.1 Å². The van der Waals surface area contributed by atoms with E-state index in [1.54, 1.807) is 14.2 Å². The average Bonchev–Trinajstić information content (AvgIpc) is 3.34. The van der Waals surface area contributed by atoms with Gasteiger partial charge in [0.15, 0.2) is 5.96 Å². The summed E-state index contributed by atoms with van der Waals surface area (Å²) >= 11 is 1.96. The van der Waals surface area contributed by atoms with Gasteiger partial charge >= 0.3 is 0 Å². The van der Waals surface area contributed by atoms with E-state index in [-0.39, 0.29) is 24.0 Å². The molecule has 1 aliphatic carbocycles. The molecule has 1 fully saturated rings. The standard InChI is InChI=1S/C17H27N3O2S.HI/c1-18-16(19-10-11-22-13-12-21-2)20-14-17(8-9-17)23-15-6-4-3-5-7-15;/h3-7H,8-14H2,1-2H3,(H2,18,19,20);1H. The number of rotatable bonds is 10. The number of nitrogens with one attached hydrogen (secondary N) is 2. The minimum atomic E-state index is 0. The van der Waals surface area contributed by atoms with Crippen LogP contribution < -0.4 is 10.6 Å². The molecule has 0 radical (unpaired) electrons. The number of aliphatic imine (C=N–C) groups is 1. The minimum Gasteiger partial charge on any atom is -0.382 e. The number of thioether (sulfide) groups is 1. The van der Waals surface area contributed by atoms with Crippen LogP contribution in [0.1, 0.15) is 12.8 Å². The molecule has 1 aliphatic rings. The molecule has 0 bridgehead atoms. The van der Waals surface area contributed by atoms with Crippen LogP contribution in [0.3, 0.4) is 0 Å². The van der Waals surface area contributed by atoms with Crippen LogP contribution in [0, 0.1) is 0 Å². The van der Waals surface area contributed by atoms with Crippen molar-refractivity contribution in [1.29, 1.82) is 0 Å².